The third-order valence-electron chi connectivity index (χ3n) is 5.37. The van der Waals surface area contributed by atoms with Gasteiger partial charge in [-0.05, 0) is 53.9 Å². The molecule has 156 valence electrons. The first kappa shape index (κ1) is 20.5. The number of hydrogen-bond acceptors (Lipinski definition) is 3. The van der Waals surface area contributed by atoms with Crippen molar-refractivity contribution in [1.82, 2.24) is 0 Å². The molecular formula is C25H19F2NO3. The molecule has 1 heterocycles. The van der Waals surface area contributed by atoms with Crippen molar-refractivity contribution in [1.29, 1.82) is 0 Å². The van der Waals surface area contributed by atoms with Gasteiger partial charge in [0.25, 0.3) is 11.7 Å². The molecular weight excluding hydrogens is 400 g/mol. The van der Waals surface area contributed by atoms with Crippen LogP contribution in [0.2, 0.25) is 0 Å². The first-order valence-corrected chi connectivity index (χ1v) is 9.82. The smallest absolute Gasteiger partial charge is 0.300 e. The maximum atomic E-state index is 13.5. The molecule has 0 spiro atoms. The fourth-order valence-corrected chi connectivity index (χ4v) is 3.71. The van der Waals surface area contributed by atoms with Crippen molar-refractivity contribution in [2.45, 2.75) is 19.4 Å². The van der Waals surface area contributed by atoms with E-state index in [2.05, 4.69) is 0 Å². The normalized spacial score (nSPS) is 17.9. The number of aliphatic hydroxyl groups excluding tert-OH is 1. The summed E-state index contributed by atoms with van der Waals surface area (Å²) in [4.78, 5) is 27.1. The maximum Gasteiger partial charge on any atom is 0.300 e. The number of aliphatic hydroxyl groups is 1. The third kappa shape index (κ3) is 3.72. The molecule has 0 aliphatic carbocycles. The van der Waals surface area contributed by atoms with E-state index in [9.17, 15) is 23.5 Å². The van der Waals surface area contributed by atoms with E-state index in [0.29, 0.717) is 16.8 Å². The molecule has 1 aliphatic heterocycles. The van der Waals surface area contributed by atoms with Crippen LogP contribution in [0.1, 0.15) is 29.7 Å². The summed E-state index contributed by atoms with van der Waals surface area (Å²) in [5.74, 6) is -3.00. The number of benzene rings is 3. The molecule has 1 amide bonds. The summed E-state index contributed by atoms with van der Waals surface area (Å²) < 4.78 is 27.0. The minimum absolute atomic E-state index is 0.106. The Morgan fingerprint density at radius 2 is 1.42 bits per heavy atom. The van der Waals surface area contributed by atoms with E-state index in [1.54, 1.807) is 12.1 Å². The van der Waals surface area contributed by atoms with Crippen LogP contribution < -0.4 is 4.90 Å². The van der Waals surface area contributed by atoms with Crippen molar-refractivity contribution in [3.8, 4) is 0 Å². The number of amides is 1. The lowest BCUT2D eigenvalue weighted by Gasteiger charge is -2.25. The Morgan fingerprint density at radius 3 is 1.97 bits per heavy atom. The standard InChI is InChI=1S/C25H19F2NO3/c1-2-15-3-5-17(6-4-15)23(29)21-22(16-7-9-18(26)10-8-16)28(25(31)24(21)30)20-13-11-19(27)12-14-20/h3-14,22,29H,2H2,1H3/b23-21+. The highest BCUT2D eigenvalue weighted by Gasteiger charge is 2.46. The largest absolute Gasteiger partial charge is 0.507 e. The summed E-state index contributed by atoms with van der Waals surface area (Å²) in [6, 6.07) is 16.5. The van der Waals surface area contributed by atoms with Gasteiger partial charge in [0.1, 0.15) is 17.4 Å². The summed E-state index contributed by atoms with van der Waals surface area (Å²) in [6.07, 6.45) is 0.811. The fraction of sp³-hybridized carbons (Fsp3) is 0.120. The Balaban J connectivity index is 1.91. The fourth-order valence-electron chi connectivity index (χ4n) is 3.71. The number of anilines is 1. The molecule has 3 aromatic carbocycles. The van der Waals surface area contributed by atoms with E-state index in [1.165, 1.54) is 53.4 Å². The summed E-state index contributed by atoms with van der Waals surface area (Å²) in [7, 11) is 0. The van der Waals surface area contributed by atoms with Crippen LogP contribution in [0.5, 0.6) is 0 Å². The lowest BCUT2D eigenvalue weighted by atomic mass is 9.94. The van der Waals surface area contributed by atoms with Crippen LogP contribution in [0.15, 0.2) is 78.4 Å². The Hall–Kier alpha value is -3.80. The van der Waals surface area contributed by atoms with Gasteiger partial charge < -0.3 is 5.11 Å². The Bertz CT molecular complexity index is 1170. The van der Waals surface area contributed by atoms with E-state index in [1.807, 2.05) is 19.1 Å². The van der Waals surface area contributed by atoms with Crippen LogP contribution in [-0.2, 0) is 16.0 Å². The molecule has 0 aromatic heterocycles. The molecule has 1 N–H and O–H groups in total. The summed E-state index contributed by atoms with van der Waals surface area (Å²) in [5.41, 5.74) is 2.07. The number of carbonyl (C=O) groups is 2. The van der Waals surface area contributed by atoms with Gasteiger partial charge in [-0.3, -0.25) is 14.5 Å². The van der Waals surface area contributed by atoms with Gasteiger partial charge in [-0.25, -0.2) is 8.78 Å². The average molecular weight is 419 g/mol. The Kier molecular flexibility index (Phi) is 5.38. The van der Waals surface area contributed by atoms with Gasteiger partial charge in [-0.1, -0.05) is 43.3 Å². The van der Waals surface area contributed by atoms with E-state index in [0.717, 1.165) is 12.0 Å². The summed E-state index contributed by atoms with van der Waals surface area (Å²) in [5, 5.41) is 11.0. The van der Waals surface area contributed by atoms with Crippen molar-refractivity contribution in [2.75, 3.05) is 4.90 Å². The second kappa shape index (κ2) is 8.14. The highest BCUT2D eigenvalue weighted by Crippen LogP contribution is 2.42. The zero-order valence-electron chi connectivity index (χ0n) is 16.7. The number of halogens is 2. The van der Waals surface area contributed by atoms with Crippen LogP contribution >= 0.6 is 0 Å². The second-order valence-corrected chi connectivity index (χ2v) is 7.25. The number of Topliss-reactive ketones (excluding diaryl/α,β-unsaturated/α-hetero) is 1. The van der Waals surface area contributed by atoms with Crippen molar-refractivity contribution in [2.24, 2.45) is 0 Å². The molecule has 0 radical (unpaired) electrons. The van der Waals surface area contributed by atoms with Crippen LogP contribution in [0.3, 0.4) is 0 Å². The molecule has 4 nitrogen and oxygen atoms in total. The van der Waals surface area contributed by atoms with Gasteiger partial charge in [-0.2, -0.15) is 0 Å². The number of hydrogen-bond donors (Lipinski definition) is 1. The molecule has 3 aromatic rings. The lowest BCUT2D eigenvalue weighted by Crippen LogP contribution is -2.29. The van der Waals surface area contributed by atoms with Gasteiger partial charge in [0.2, 0.25) is 0 Å². The first-order valence-electron chi connectivity index (χ1n) is 9.82. The summed E-state index contributed by atoms with van der Waals surface area (Å²) in [6.45, 7) is 2.00. The SMILES string of the molecule is CCc1ccc(/C(O)=C2\C(=O)C(=O)N(c3ccc(F)cc3)C2c2ccc(F)cc2)cc1. The van der Waals surface area contributed by atoms with Gasteiger partial charge in [-0.15, -0.1) is 0 Å². The molecule has 0 saturated carbocycles. The zero-order chi connectivity index (χ0) is 22.1. The highest BCUT2D eigenvalue weighted by molar-refractivity contribution is 6.51. The predicted molar refractivity (Wildman–Crippen MR) is 113 cm³/mol. The molecule has 1 unspecified atom stereocenters. The van der Waals surface area contributed by atoms with Crippen LogP contribution in [0.4, 0.5) is 14.5 Å². The van der Waals surface area contributed by atoms with Crippen molar-refractivity contribution in [3.63, 3.8) is 0 Å². The van der Waals surface area contributed by atoms with Crippen molar-refractivity contribution in [3.05, 3.63) is 107 Å². The molecule has 31 heavy (non-hydrogen) atoms. The number of carbonyl (C=O) groups excluding carboxylic acids is 2. The van der Waals surface area contributed by atoms with Crippen LogP contribution in [-0.4, -0.2) is 16.8 Å². The number of aryl methyl sites for hydroxylation is 1. The molecule has 1 atom stereocenters. The topological polar surface area (TPSA) is 57.6 Å². The molecule has 1 aliphatic rings. The molecule has 6 heteroatoms. The van der Waals surface area contributed by atoms with Gasteiger partial charge in [0.05, 0.1) is 11.6 Å². The predicted octanol–water partition coefficient (Wildman–Crippen LogP) is 5.15. The van der Waals surface area contributed by atoms with Gasteiger partial charge >= 0.3 is 0 Å². The van der Waals surface area contributed by atoms with E-state index in [-0.39, 0.29) is 11.3 Å². The monoisotopic (exact) mass is 419 g/mol. The quantitative estimate of drug-likeness (QED) is 0.361. The van der Waals surface area contributed by atoms with Gasteiger partial charge in [0, 0.05) is 11.3 Å². The maximum absolute atomic E-state index is 13.5. The van der Waals surface area contributed by atoms with Crippen LogP contribution in [0, 0.1) is 11.6 Å². The first-order chi connectivity index (χ1) is 14.9. The molecule has 4 rings (SSSR count). The minimum atomic E-state index is -0.989. The van der Waals surface area contributed by atoms with Crippen LogP contribution in [0.25, 0.3) is 5.76 Å². The average Bonchev–Trinajstić information content (AvgIpc) is 3.05. The Labute approximate surface area is 178 Å². The van der Waals surface area contributed by atoms with Crippen molar-refractivity contribution >= 4 is 23.1 Å². The van der Waals surface area contributed by atoms with Crippen molar-refractivity contribution < 1.29 is 23.5 Å². The van der Waals surface area contributed by atoms with E-state index >= 15 is 0 Å². The Morgan fingerprint density at radius 1 is 0.871 bits per heavy atom. The highest BCUT2D eigenvalue weighted by atomic mass is 19.1. The molecule has 0 bridgehead atoms. The third-order valence-corrected chi connectivity index (χ3v) is 5.37. The number of nitrogens with zero attached hydrogens (tertiary/aromatic N) is 1. The minimum Gasteiger partial charge on any atom is -0.507 e. The molecule has 1 fully saturated rings. The number of rotatable bonds is 4. The lowest BCUT2D eigenvalue weighted by molar-refractivity contribution is -0.132. The summed E-state index contributed by atoms with van der Waals surface area (Å²) >= 11 is 0. The zero-order valence-corrected chi connectivity index (χ0v) is 16.7. The van der Waals surface area contributed by atoms with E-state index in [4.69, 9.17) is 0 Å². The second-order valence-electron chi connectivity index (χ2n) is 7.25. The van der Waals surface area contributed by atoms with E-state index < -0.39 is 29.4 Å². The molecule has 1 saturated heterocycles. The van der Waals surface area contributed by atoms with Gasteiger partial charge in [0.15, 0.2) is 0 Å². The number of ketones is 1.